The fraction of sp³-hybridized carbons (Fsp3) is 1.00. The molecule has 0 bridgehead atoms. The highest BCUT2D eigenvalue weighted by atomic mass is 16.3. The normalized spacial score (nSPS) is 13.8. The largest absolute Gasteiger partial charge is 0.392 e. The van der Waals surface area contributed by atoms with E-state index in [1.807, 2.05) is 14.0 Å². The van der Waals surface area contributed by atoms with Gasteiger partial charge in [-0.05, 0) is 40.0 Å². The fourth-order valence-electron chi connectivity index (χ4n) is 1.19. The molecule has 74 valence electrons. The van der Waals surface area contributed by atoms with Crippen molar-refractivity contribution < 1.29 is 5.11 Å². The Balaban J connectivity index is 3.14. The molecule has 0 spiro atoms. The maximum absolute atomic E-state index is 9.07. The third kappa shape index (κ3) is 7.98. The number of likely N-dealkylation sites (N-methyl/N-ethyl adjacent to an activating group) is 1. The molecule has 0 radical (unpaired) electrons. The molecule has 2 N–H and O–H groups in total. The first kappa shape index (κ1) is 11.9. The molecule has 0 aromatic heterocycles. The molecule has 0 aliphatic heterocycles. The quantitative estimate of drug-likeness (QED) is 0.545. The Labute approximate surface area is 75.8 Å². The van der Waals surface area contributed by atoms with Crippen LogP contribution in [0.3, 0.4) is 0 Å². The smallest absolute Gasteiger partial charge is 0.0638 e. The molecule has 0 amide bonds. The molecule has 3 nitrogen and oxygen atoms in total. The van der Waals surface area contributed by atoms with Gasteiger partial charge in [-0.3, -0.25) is 0 Å². The monoisotopic (exact) mass is 174 g/mol. The lowest BCUT2D eigenvalue weighted by Crippen LogP contribution is -2.29. The van der Waals surface area contributed by atoms with E-state index in [9.17, 15) is 0 Å². The van der Waals surface area contributed by atoms with Crippen LogP contribution in [0.15, 0.2) is 0 Å². The number of aliphatic hydroxyl groups is 1. The van der Waals surface area contributed by atoms with Crippen molar-refractivity contribution in [3.8, 4) is 0 Å². The van der Waals surface area contributed by atoms with E-state index in [2.05, 4.69) is 17.1 Å². The average molecular weight is 174 g/mol. The maximum atomic E-state index is 9.07. The topological polar surface area (TPSA) is 35.5 Å². The summed E-state index contributed by atoms with van der Waals surface area (Å²) in [6, 6.07) is 0. The van der Waals surface area contributed by atoms with Crippen molar-refractivity contribution in [3.63, 3.8) is 0 Å². The van der Waals surface area contributed by atoms with E-state index in [1.54, 1.807) is 0 Å². The number of aliphatic hydroxyl groups excluding tert-OH is 1. The SMILES string of the molecule is CCNCCCN(C)CC(C)O. The molecule has 0 saturated carbocycles. The van der Waals surface area contributed by atoms with E-state index in [4.69, 9.17) is 5.11 Å². The second-order valence-corrected chi connectivity index (χ2v) is 3.32. The highest BCUT2D eigenvalue weighted by Crippen LogP contribution is 1.89. The summed E-state index contributed by atoms with van der Waals surface area (Å²) in [5.74, 6) is 0. The highest BCUT2D eigenvalue weighted by Gasteiger charge is 2.01. The number of hydrogen-bond acceptors (Lipinski definition) is 3. The molecule has 0 saturated heterocycles. The van der Waals surface area contributed by atoms with Crippen LogP contribution in [-0.4, -0.2) is 49.3 Å². The van der Waals surface area contributed by atoms with Gasteiger partial charge in [-0.2, -0.15) is 0 Å². The Kier molecular flexibility index (Phi) is 7.45. The zero-order valence-corrected chi connectivity index (χ0v) is 8.51. The molecular formula is C9H22N2O. The van der Waals surface area contributed by atoms with Crippen LogP contribution in [0.1, 0.15) is 20.3 Å². The van der Waals surface area contributed by atoms with Crippen LogP contribution in [0, 0.1) is 0 Å². The van der Waals surface area contributed by atoms with Gasteiger partial charge in [0.05, 0.1) is 6.10 Å². The van der Waals surface area contributed by atoms with Gasteiger partial charge in [0, 0.05) is 6.54 Å². The lowest BCUT2D eigenvalue weighted by Gasteiger charge is -2.17. The Hall–Kier alpha value is -0.120. The van der Waals surface area contributed by atoms with Gasteiger partial charge in [0.25, 0.3) is 0 Å². The van der Waals surface area contributed by atoms with Crippen LogP contribution in [-0.2, 0) is 0 Å². The number of nitrogens with zero attached hydrogens (tertiary/aromatic N) is 1. The number of nitrogens with one attached hydrogen (secondary N) is 1. The van der Waals surface area contributed by atoms with Crippen molar-refractivity contribution in [2.24, 2.45) is 0 Å². The summed E-state index contributed by atoms with van der Waals surface area (Å²) >= 11 is 0. The Morgan fingerprint density at radius 3 is 2.67 bits per heavy atom. The van der Waals surface area contributed by atoms with Crippen molar-refractivity contribution >= 4 is 0 Å². The molecule has 0 aromatic rings. The van der Waals surface area contributed by atoms with E-state index in [1.165, 1.54) is 0 Å². The summed E-state index contributed by atoms with van der Waals surface area (Å²) in [6.07, 6.45) is 0.936. The molecule has 0 fully saturated rings. The minimum absolute atomic E-state index is 0.214. The van der Waals surface area contributed by atoms with Crippen LogP contribution in [0.5, 0.6) is 0 Å². The zero-order chi connectivity index (χ0) is 9.40. The molecule has 1 atom stereocenters. The Bertz CT molecular complexity index is 96.5. The van der Waals surface area contributed by atoms with Crippen molar-refractivity contribution in [2.75, 3.05) is 33.2 Å². The van der Waals surface area contributed by atoms with Crippen molar-refractivity contribution in [1.82, 2.24) is 10.2 Å². The van der Waals surface area contributed by atoms with Crippen LogP contribution >= 0.6 is 0 Å². The summed E-state index contributed by atoms with van der Waals surface area (Å²) < 4.78 is 0. The molecule has 1 unspecified atom stereocenters. The van der Waals surface area contributed by atoms with E-state index < -0.39 is 0 Å². The first-order valence-electron chi connectivity index (χ1n) is 4.74. The van der Waals surface area contributed by atoms with Gasteiger partial charge in [-0.15, -0.1) is 0 Å². The van der Waals surface area contributed by atoms with Gasteiger partial charge in [-0.1, -0.05) is 6.92 Å². The second kappa shape index (κ2) is 7.53. The predicted molar refractivity (Wildman–Crippen MR) is 52.3 cm³/mol. The third-order valence-corrected chi connectivity index (χ3v) is 1.72. The molecular weight excluding hydrogens is 152 g/mol. The molecule has 0 aliphatic rings. The standard InChI is InChI=1S/C9H22N2O/c1-4-10-6-5-7-11(3)8-9(2)12/h9-10,12H,4-8H2,1-3H3. The predicted octanol–water partition coefficient (Wildman–Crippen LogP) is 0.299. The lowest BCUT2D eigenvalue weighted by molar-refractivity contribution is 0.141. The lowest BCUT2D eigenvalue weighted by atomic mass is 10.3. The molecule has 0 rings (SSSR count). The van der Waals surface area contributed by atoms with Crippen LogP contribution in [0.2, 0.25) is 0 Å². The van der Waals surface area contributed by atoms with Crippen molar-refractivity contribution in [2.45, 2.75) is 26.4 Å². The van der Waals surface area contributed by atoms with Crippen LogP contribution in [0.4, 0.5) is 0 Å². The van der Waals surface area contributed by atoms with E-state index in [0.717, 1.165) is 32.6 Å². The molecule has 0 aliphatic carbocycles. The summed E-state index contributed by atoms with van der Waals surface area (Å²) in [4.78, 5) is 2.15. The molecule has 12 heavy (non-hydrogen) atoms. The number of rotatable bonds is 7. The summed E-state index contributed by atoms with van der Waals surface area (Å²) in [5, 5.41) is 12.3. The highest BCUT2D eigenvalue weighted by molar-refractivity contribution is 4.56. The summed E-state index contributed by atoms with van der Waals surface area (Å²) in [7, 11) is 2.04. The van der Waals surface area contributed by atoms with Crippen LogP contribution in [0.25, 0.3) is 0 Å². The van der Waals surface area contributed by atoms with Gasteiger partial charge in [0.15, 0.2) is 0 Å². The number of hydrogen-bond donors (Lipinski definition) is 2. The summed E-state index contributed by atoms with van der Waals surface area (Å²) in [6.45, 7) is 7.87. The Morgan fingerprint density at radius 1 is 1.50 bits per heavy atom. The van der Waals surface area contributed by atoms with E-state index in [-0.39, 0.29) is 6.10 Å². The average Bonchev–Trinajstić information content (AvgIpc) is 1.97. The van der Waals surface area contributed by atoms with Gasteiger partial charge in [0.2, 0.25) is 0 Å². The van der Waals surface area contributed by atoms with Gasteiger partial charge >= 0.3 is 0 Å². The van der Waals surface area contributed by atoms with Crippen LogP contribution < -0.4 is 5.32 Å². The molecule has 0 aromatic carbocycles. The minimum atomic E-state index is -0.214. The van der Waals surface area contributed by atoms with Gasteiger partial charge < -0.3 is 15.3 Å². The van der Waals surface area contributed by atoms with Gasteiger partial charge in [-0.25, -0.2) is 0 Å². The third-order valence-electron chi connectivity index (χ3n) is 1.72. The minimum Gasteiger partial charge on any atom is -0.392 e. The van der Waals surface area contributed by atoms with Gasteiger partial charge in [0.1, 0.15) is 0 Å². The first-order valence-corrected chi connectivity index (χ1v) is 4.74. The molecule has 3 heteroatoms. The molecule has 0 heterocycles. The fourth-order valence-corrected chi connectivity index (χ4v) is 1.19. The first-order chi connectivity index (χ1) is 5.66. The van der Waals surface area contributed by atoms with Crippen molar-refractivity contribution in [3.05, 3.63) is 0 Å². The van der Waals surface area contributed by atoms with E-state index in [0.29, 0.717) is 0 Å². The Morgan fingerprint density at radius 2 is 2.17 bits per heavy atom. The zero-order valence-electron chi connectivity index (χ0n) is 8.51. The van der Waals surface area contributed by atoms with Crippen molar-refractivity contribution in [1.29, 1.82) is 0 Å². The summed E-state index contributed by atoms with van der Waals surface area (Å²) in [5.41, 5.74) is 0. The second-order valence-electron chi connectivity index (χ2n) is 3.32. The van der Waals surface area contributed by atoms with E-state index >= 15 is 0 Å². The maximum Gasteiger partial charge on any atom is 0.0638 e.